The van der Waals surface area contributed by atoms with Crippen LogP contribution in [0.2, 0.25) is 0 Å². The second-order valence-electron chi connectivity index (χ2n) is 13.4. The van der Waals surface area contributed by atoms with Crippen molar-refractivity contribution in [2.75, 3.05) is 32.7 Å². The fourth-order valence-electron chi connectivity index (χ4n) is 7.23. The third-order valence-corrected chi connectivity index (χ3v) is 13.2. The van der Waals surface area contributed by atoms with Gasteiger partial charge in [0.2, 0.25) is 0 Å². The van der Waals surface area contributed by atoms with E-state index < -0.39 is 17.6 Å². The Balaban J connectivity index is 1.51. The normalized spacial score (nSPS) is 20.8. The van der Waals surface area contributed by atoms with E-state index in [0.717, 1.165) is 13.1 Å². The van der Waals surface area contributed by atoms with Gasteiger partial charge in [-0.1, -0.05) is 0 Å². The van der Waals surface area contributed by atoms with Crippen LogP contribution in [0.5, 0.6) is 0 Å². The van der Waals surface area contributed by atoms with Crippen molar-refractivity contribution in [3.63, 3.8) is 0 Å². The van der Waals surface area contributed by atoms with Crippen LogP contribution in [0.1, 0.15) is 63.8 Å². The Morgan fingerprint density at radius 2 is 0.857 bits per heavy atom. The molecule has 0 fully saturated rings. The van der Waals surface area contributed by atoms with Crippen molar-refractivity contribution >= 4 is 31.0 Å². The standard InChI is InChI=1S/C37H38N4.Pt/c1-35(2)27-13-11-15-29(23-27)36(3,4)40-25-38(31-17-7-9-19-33(31)40)21-22-39-26-41(34-20-10-8-18-32(34)39)37(5,6)30-16-12-14-28(35)24-30;/h7-20,23-24H,21-22H2,1-6H3;. The van der Waals surface area contributed by atoms with E-state index in [1.807, 2.05) is 0 Å². The van der Waals surface area contributed by atoms with Crippen LogP contribution in [0.3, 0.4) is 0 Å². The van der Waals surface area contributed by atoms with Crippen molar-refractivity contribution in [2.45, 2.75) is 58.0 Å². The van der Waals surface area contributed by atoms with Gasteiger partial charge >= 0.3 is 259 Å². The Morgan fingerprint density at radius 1 is 0.476 bits per heavy atom. The van der Waals surface area contributed by atoms with E-state index in [2.05, 4.69) is 158 Å². The molecule has 4 heterocycles. The number of hydrogen-bond acceptors (Lipinski definition) is 4. The van der Waals surface area contributed by atoms with Crippen molar-refractivity contribution in [1.82, 2.24) is 0 Å². The average Bonchev–Trinajstić information content (AvgIpc) is 3.41. The van der Waals surface area contributed by atoms with E-state index in [9.17, 15) is 0 Å². The van der Waals surface area contributed by atoms with E-state index >= 15 is 0 Å². The van der Waals surface area contributed by atoms with E-state index in [4.69, 9.17) is 0 Å². The maximum absolute atomic E-state index is 2.69. The van der Waals surface area contributed by atoms with Gasteiger partial charge in [-0.15, -0.1) is 0 Å². The zero-order valence-corrected chi connectivity index (χ0v) is 27.5. The van der Waals surface area contributed by atoms with Crippen LogP contribution in [0, 0.1) is 0 Å². The molecule has 42 heavy (non-hydrogen) atoms. The van der Waals surface area contributed by atoms with Gasteiger partial charge in [0.25, 0.3) is 0 Å². The zero-order valence-electron chi connectivity index (χ0n) is 25.3. The Hall–Kier alpha value is -3.49. The molecule has 0 aliphatic carbocycles. The van der Waals surface area contributed by atoms with Crippen molar-refractivity contribution in [2.24, 2.45) is 0 Å². The molecule has 0 amide bonds. The number of fused-ring (bicyclic) bond motifs is 10. The fourth-order valence-corrected chi connectivity index (χ4v) is 11.7. The molecule has 4 aliphatic rings. The monoisotopic (exact) mass is 733 g/mol. The van der Waals surface area contributed by atoms with Gasteiger partial charge in [0.1, 0.15) is 0 Å². The minimum atomic E-state index is -0.583. The molecule has 0 saturated heterocycles. The molecule has 4 aromatic carbocycles. The molecule has 0 aromatic heterocycles. The quantitative estimate of drug-likeness (QED) is 0.187. The van der Waals surface area contributed by atoms with Gasteiger partial charge in [-0.05, 0) is 0 Å². The summed E-state index contributed by atoms with van der Waals surface area (Å²) < 4.78 is 2.95. The first-order valence-electron chi connectivity index (χ1n) is 15.0. The second kappa shape index (κ2) is 8.77. The Morgan fingerprint density at radius 3 is 1.29 bits per heavy atom. The van der Waals surface area contributed by atoms with Crippen molar-refractivity contribution < 1.29 is 17.6 Å². The first-order valence-corrected chi connectivity index (χ1v) is 17.3. The fraction of sp³-hybridized carbons (Fsp3) is 0.297. The van der Waals surface area contributed by atoms with Gasteiger partial charge in [0.15, 0.2) is 0 Å². The summed E-state index contributed by atoms with van der Waals surface area (Å²) in [7, 11) is 0. The molecule has 0 N–H and O–H groups in total. The summed E-state index contributed by atoms with van der Waals surface area (Å²) in [5, 5.41) is 0. The van der Waals surface area contributed by atoms with Crippen LogP contribution < -0.4 is 19.6 Å². The predicted octanol–water partition coefficient (Wildman–Crippen LogP) is 7.42. The molecule has 0 unspecified atom stereocenters. The van der Waals surface area contributed by atoms with E-state index in [1.54, 1.807) is 0 Å². The first-order chi connectivity index (χ1) is 20.1. The van der Waals surface area contributed by atoms with Crippen molar-refractivity contribution in [1.29, 1.82) is 0 Å². The summed E-state index contributed by atoms with van der Waals surface area (Å²) >= 11 is -0.583. The molecule has 5 heteroatoms. The number of nitrogens with zero attached hydrogens (tertiary/aromatic N) is 4. The topological polar surface area (TPSA) is 13.0 Å². The summed E-state index contributed by atoms with van der Waals surface area (Å²) in [6.07, 6.45) is 0. The average molecular weight is 734 g/mol. The summed E-state index contributed by atoms with van der Waals surface area (Å²) in [6, 6.07) is 36.9. The number of rotatable bonds is 0. The molecule has 4 nitrogen and oxygen atoms in total. The molecule has 216 valence electrons. The van der Waals surface area contributed by atoms with Crippen molar-refractivity contribution in [3.8, 4) is 0 Å². The molecular weight excluding hydrogens is 696 g/mol. The predicted molar refractivity (Wildman–Crippen MR) is 174 cm³/mol. The summed E-state index contributed by atoms with van der Waals surface area (Å²) in [6.45, 7) is 16.4. The zero-order chi connectivity index (χ0) is 29.0. The van der Waals surface area contributed by atoms with Crippen LogP contribution >= 0.6 is 0 Å². The first kappa shape index (κ1) is 26.2. The van der Waals surface area contributed by atoms with E-state index in [1.165, 1.54) is 53.3 Å². The number of benzene rings is 4. The molecule has 6 bridgehead atoms. The Bertz CT molecular complexity index is 1710. The summed E-state index contributed by atoms with van der Waals surface area (Å²) in [5.41, 5.74) is 10.1. The summed E-state index contributed by atoms with van der Waals surface area (Å²) in [4.78, 5) is 10.7. The van der Waals surface area contributed by atoms with E-state index in [0.29, 0.717) is 0 Å². The van der Waals surface area contributed by atoms with E-state index in [-0.39, 0.29) is 16.5 Å². The van der Waals surface area contributed by atoms with Crippen LogP contribution in [0.25, 0.3) is 0 Å². The van der Waals surface area contributed by atoms with Gasteiger partial charge in [0.05, 0.1) is 0 Å². The Kier molecular flexibility index (Phi) is 5.46. The number of hydrogen-bond donors (Lipinski definition) is 0. The van der Waals surface area contributed by atoms with Gasteiger partial charge in [-0.2, -0.15) is 0 Å². The molecule has 0 atom stereocenters. The van der Waals surface area contributed by atoms with Crippen LogP contribution in [-0.2, 0) is 34.1 Å². The van der Waals surface area contributed by atoms with Crippen LogP contribution in [0.15, 0.2) is 97.1 Å². The molecule has 4 aliphatic heterocycles. The van der Waals surface area contributed by atoms with Gasteiger partial charge in [-0.25, -0.2) is 0 Å². The molecule has 0 spiro atoms. The van der Waals surface area contributed by atoms with Gasteiger partial charge in [0, 0.05) is 0 Å². The molecule has 8 rings (SSSR count). The molecule has 0 radical (unpaired) electrons. The third kappa shape index (κ3) is 3.45. The molecule has 4 aromatic rings. The Labute approximate surface area is 257 Å². The van der Waals surface area contributed by atoms with Gasteiger partial charge < -0.3 is 0 Å². The SMILES string of the molecule is CC1(C)c2cccc(c2)C(C)(C)N2[C]3=[Pt]=[C]4N(CCN3c3ccccc32)c2ccccc2N4C(C)(C)c2cccc1c2. The number of para-hydroxylation sites is 4. The molecule has 0 saturated carbocycles. The van der Waals surface area contributed by atoms with Crippen molar-refractivity contribution in [3.05, 3.63) is 119 Å². The van der Waals surface area contributed by atoms with Crippen LogP contribution in [-0.4, -0.2) is 21.4 Å². The summed E-state index contributed by atoms with van der Waals surface area (Å²) in [5.74, 6) is 0. The number of anilines is 4. The van der Waals surface area contributed by atoms with Gasteiger partial charge in [-0.3, -0.25) is 0 Å². The van der Waals surface area contributed by atoms with Crippen LogP contribution in [0.4, 0.5) is 22.7 Å². The third-order valence-electron chi connectivity index (χ3n) is 9.97. The second-order valence-corrected chi connectivity index (χ2v) is 16.0. The molecular formula is C37H38N4Pt. The maximum atomic E-state index is 2.69. The minimum absolute atomic E-state index is 0.147.